The Morgan fingerprint density at radius 1 is 0.892 bits per heavy atom. The van der Waals surface area contributed by atoms with Gasteiger partial charge in [0.2, 0.25) is 0 Å². The number of nitrogens with zero attached hydrogens (tertiary/aromatic N) is 2. The first-order chi connectivity index (χ1) is 17.3. The molecule has 7 heteroatoms. The third-order valence-electron chi connectivity index (χ3n) is 7.91. The number of cyclic esters (lactones) is 1. The first-order valence-electron chi connectivity index (χ1n) is 13.7. The maximum atomic E-state index is 14.8. The molecule has 0 aromatic heterocycles. The van der Waals surface area contributed by atoms with Crippen LogP contribution < -0.4 is 0 Å². The third-order valence-corrected chi connectivity index (χ3v) is 16.9. The molecule has 2 aromatic carbocycles. The predicted molar refractivity (Wildman–Crippen MR) is 156 cm³/mol. The van der Waals surface area contributed by atoms with Crippen LogP contribution in [0.4, 0.5) is 4.79 Å². The van der Waals surface area contributed by atoms with Crippen LogP contribution in [0.5, 0.6) is 0 Å². The van der Waals surface area contributed by atoms with Crippen molar-refractivity contribution in [1.82, 2.24) is 9.80 Å². The molecule has 0 N–H and O–H groups in total. The van der Waals surface area contributed by atoms with Gasteiger partial charge in [-0.2, -0.15) is 0 Å². The fourth-order valence-electron chi connectivity index (χ4n) is 7.09. The van der Waals surface area contributed by atoms with E-state index in [4.69, 9.17) is 4.74 Å². The highest BCUT2D eigenvalue weighted by Gasteiger charge is 2.70. The average Bonchev–Trinajstić information content (AvgIpc) is 3.20. The van der Waals surface area contributed by atoms with Crippen molar-refractivity contribution in [1.29, 1.82) is 0 Å². The van der Waals surface area contributed by atoms with Crippen LogP contribution in [0, 0.1) is 5.92 Å². The van der Waals surface area contributed by atoms with Gasteiger partial charge in [-0.05, 0) is 23.5 Å². The Kier molecular flexibility index (Phi) is 7.52. The fourth-order valence-corrected chi connectivity index (χ4v) is 19.7. The molecule has 2 aliphatic rings. The fraction of sp³-hybridized carbons (Fsp3) is 0.533. The number of amides is 2. The van der Waals surface area contributed by atoms with Gasteiger partial charge in [-0.3, -0.25) is 9.69 Å². The van der Waals surface area contributed by atoms with Crippen LogP contribution in [0.3, 0.4) is 0 Å². The standard InChI is InChI=1S/C30H44N2O3Si2/c1-22(2)19-26-30(20-23-15-11-9-12-16-23,27(33)31(26)29(36(3,4)5)37(6,7)8)32-25(21-35-28(32)34)24-17-13-10-14-18-24/h9-18,22,25-26,29H,19-21H2,1-8H3. The zero-order valence-electron chi connectivity index (χ0n) is 23.8. The van der Waals surface area contributed by atoms with E-state index in [1.54, 1.807) is 0 Å². The van der Waals surface area contributed by atoms with Crippen molar-refractivity contribution >= 4 is 28.1 Å². The zero-order chi connectivity index (χ0) is 27.2. The maximum Gasteiger partial charge on any atom is 0.411 e. The van der Waals surface area contributed by atoms with E-state index in [-0.39, 0.29) is 36.0 Å². The highest BCUT2D eigenvalue weighted by Crippen LogP contribution is 2.50. The lowest BCUT2D eigenvalue weighted by molar-refractivity contribution is -0.177. The summed E-state index contributed by atoms with van der Waals surface area (Å²) in [4.78, 5) is 32.5. The van der Waals surface area contributed by atoms with Crippen molar-refractivity contribution < 1.29 is 14.3 Å². The van der Waals surface area contributed by atoms with Gasteiger partial charge < -0.3 is 9.64 Å². The summed E-state index contributed by atoms with van der Waals surface area (Å²) in [6, 6.07) is 19.9. The van der Waals surface area contributed by atoms with Crippen molar-refractivity contribution in [3.8, 4) is 0 Å². The second-order valence-corrected chi connectivity index (χ2v) is 24.6. The minimum Gasteiger partial charge on any atom is -0.447 e. The Hall–Kier alpha value is -2.39. The van der Waals surface area contributed by atoms with E-state index in [2.05, 4.69) is 70.2 Å². The van der Waals surface area contributed by atoms with Crippen molar-refractivity contribution in [3.05, 3.63) is 71.8 Å². The topological polar surface area (TPSA) is 49.9 Å². The van der Waals surface area contributed by atoms with Gasteiger partial charge >= 0.3 is 6.09 Å². The SMILES string of the molecule is CC(C)CC1N(C([Si](C)(C)C)[Si](C)(C)C)C(=O)C1(Cc1ccccc1)N1C(=O)OCC1c1ccccc1. The first-order valence-corrected chi connectivity index (χ1v) is 20.8. The summed E-state index contributed by atoms with van der Waals surface area (Å²) >= 11 is 0. The molecule has 0 aliphatic carbocycles. The van der Waals surface area contributed by atoms with Crippen LogP contribution in [0.1, 0.15) is 37.4 Å². The summed E-state index contributed by atoms with van der Waals surface area (Å²) in [5, 5.41) is 0.286. The predicted octanol–water partition coefficient (Wildman–Crippen LogP) is 6.54. The molecular formula is C30H44N2O3Si2. The Labute approximate surface area is 225 Å². The number of carbonyl (C=O) groups excluding carboxylic acids is 2. The van der Waals surface area contributed by atoms with Gasteiger partial charge in [0.25, 0.3) is 5.91 Å². The third kappa shape index (κ3) is 5.04. The van der Waals surface area contributed by atoms with Crippen LogP contribution in [-0.2, 0) is 16.0 Å². The second kappa shape index (κ2) is 10.1. The van der Waals surface area contributed by atoms with Gasteiger partial charge in [-0.25, -0.2) is 4.79 Å². The molecule has 3 unspecified atom stereocenters. The quantitative estimate of drug-likeness (QED) is 0.270. The van der Waals surface area contributed by atoms with E-state index in [0.717, 1.165) is 17.5 Å². The number of β-lactam (4-membered cyclic amide) rings is 1. The largest absolute Gasteiger partial charge is 0.447 e. The van der Waals surface area contributed by atoms with E-state index in [0.29, 0.717) is 12.3 Å². The molecule has 0 radical (unpaired) electrons. The molecule has 2 saturated heterocycles. The van der Waals surface area contributed by atoms with E-state index >= 15 is 0 Å². The van der Waals surface area contributed by atoms with Crippen molar-refractivity contribution in [2.24, 2.45) is 5.92 Å². The highest BCUT2D eigenvalue weighted by molar-refractivity contribution is 6.96. The normalized spacial score (nSPS) is 24.6. The molecule has 4 rings (SSSR count). The number of hydrogen-bond donors (Lipinski definition) is 0. The molecule has 5 nitrogen and oxygen atoms in total. The van der Waals surface area contributed by atoms with Crippen molar-refractivity contribution in [3.63, 3.8) is 0 Å². The van der Waals surface area contributed by atoms with E-state index < -0.39 is 21.7 Å². The smallest absolute Gasteiger partial charge is 0.411 e. The summed E-state index contributed by atoms with van der Waals surface area (Å²) in [6.45, 7) is 19.1. The van der Waals surface area contributed by atoms with E-state index in [1.165, 1.54) is 0 Å². The maximum absolute atomic E-state index is 14.8. The minimum absolute atomic E-state index is 0.0551. The Bertz CT molecular complexity index is 1100. The zero-order valence-corrected chi connectivity index (χ0v) is 25.8. The number of ether oxygens (including phenoxy) is 1. The lowest BCUT2D eigenvalue weighted by Gasteiger charge is -2.65. The molecule has 2 heterocycles. The van der Waals surface area contributed by atoms with Crippen LogP contribution in [0.15, 0.2) is 60.7 Å². The van der Waals surface area contributed by atoms with Gasteiger partial charge in [-0.15, -0.1) is 0 Å². The van der Waals surface area contributed by atoms with Crippen LogP contribution in [-0.4, -0.2) is 61.4 Å². The molecule has 2 fully saturated rings. The van der Waals surface area contributed by atoms with Crippen LogP contribution >= 0.6 is 0 Å². The molecule has 3 atom stereocenters. The monoisotopic (exact) mass is 536 g/mol. The lowest BCUT2D eigenvalue weighted by atomic mass is 9.69. The van der Waals surface area contributed by atoms with Crippen LogP contribution in [0.25, 0.3) is 0 Å². The molecule has 0 bridgehead atoms. The Morgan fingerprint density at radius 3 is 1.95 bits per heavy atom. The summed E-state index contributed by atoms with van der Waals surface area (Å²) in [5.41, 5.74) is 1.13. The minimum atomic E-state index is -1.75. The number of hydrogen-bond acceptors (Lipinski definition) is 3. The van der Waals surface area contributed by atoms with Gasteiger partial charge in [0.05, 0.1) is 28.2 Å². The Balaban J connectivity index is 1.90. The second-order valence-electron chi connectivity index (χ2n) is 13.5. The molecule has 2 aliphatic heterocycles. The summed E-state index contributed by atoms with van der Waals surface area (Å²) in [6.07, 6.45) is 0.988. The number of carbonyl (C=O) groups is 2. The molecule has 0 saturated carbocycles. The first kappa shape index (κ1) is 27.6. The molecule has 200 valence electrons. The summed E-state index contributed by atoms with van der Waals surface area (Å²) in [7, 11) is -3.50. The Morgan fingerprint density at radius 2 is 1.43 bits per heavy atom. The molecule has 0 spiro atoms. The number of likely N-dealkylation sites (tertiary alicyclic amines) is 1. The van der Waals surface area contributed by atoms with Gasteiger partial charge in [-0.1, -0.05) is 114 Å². The van der Waals surface area contributed by atoms with Crippen molar-refractivity contribution in [2.45, 2.75) is 88.9 Å². The molecule has 2 amide bonds. The van der Waals surface area contributed by atoms with Crippen molar-refractivity contribution in [2.75, 3.05) is 6.61 Å². The number of rotatable bonds is 9. The number of benzene rings is 2. The van der Waals surface area contributed by atoms with Gasteiger partial charge in [0, 0.05) is 11.7 Å². The summed E-state index contributed by atoms with van der Waals surface area (Å²) < 4.78 is 5.72. The highest BCUT2D eigenvalue weighted by atomic mass is 28.4. The lowest BCUT2D eigenvalue weighted by Crippen LogP contribution is -2.86. The van der Waals surface area contributed by atoms with Gasteiger partial charge in [0.15, 0.2) is 0 Å². The summed E-state index contributed by atoms with van der Waals surface area (Å²) in [5.74, 6) is 0.491. The molecule has 37 heavy (non-hydrogen) atoms. The van der Waals surface area contributed by atoms with E-state index in [1.807, 2.05) is 53.4 Å². The van der Waals surface area contributed by atoms with E-state index in [9.17, 15) is 9.59 Å². The average molecular weight is 537 g/mol. The van der Waals surface area contributed by atoms with Crippen LogP contribution in [0.2, 0.25) is 39.3 Å². The molecule has 2 aromatic rings. The van der Waals surface area contributed by atoms with Gasteiger partial charge in [0.1, 0.15) is 12.1 Å². The molecular weight excluding hydrogens is 493 g/mol.